The molecule has 0 fully saturated rings. The lowest BCUT2D eigenvalue weighted by Gasteiger charge is -2.32. The summed E-state index contributed by atoms with van der Waals surface area (Å²) in [6.07, 6.45) is 4.47. The molecule has 0 bridgehead atoms. The Morgan fingerprint density at radius 1 is 1.13 bits per heavy atom. The number of pyridine rings is 2. The molecule has 1 aromatic carbocycles. The fourth-order valence-electron chi connectivity index (χ4n) is 3.24. The lowest BCUT2D eigenvalue weighted by molar-refractivity contribution is -0.125. The first-order valence-electron chi connectivity index (χ1n) is 9.95. The number of benzene rings is 1. The van der Waals surface area contributed by atoms with Crippen molar-refractivity contribution < 1.29 is 19.1 Å². The van der Waals surface area contributed by atoms with E-state index in [1.54, 1.807) is 48.6 Å². The van der Waals surface area contributed by atoms with Gasteiger partial charge in [0, 0.05) is 31.6 Å². The highest BCUT2D eigenvalue weighted by molar-refractivity contribution is 6.00. The Kier molecular flexibility index (Phi) is 6.07. The highest BCUT2D eigenvalue weighted by atomic mass is 16.5. The van der Waals surface area contributed by atoms with Crippen LogP contribution in [-0.4, -0.2) is 34.4 Å². The topological polar surface area (TPSA) is 93.7 Å². The second-order valence-corrected chi connectivity index (χ2v) is 7.01. The second kappa shape index (κ2) is 9.25. The lowest BCUT2D eigenvalue weighted by Crippen LogP contribution is -2.45. The van der Waals surface area contributed by atoms with E-state index in [0.29, 0.717) is 29.6 Å². The summed E-state index contributed by atoms with van der Waals surface area (Å²) in [6, 6.07) is 14.5. The fourth-order valence-corrected chi connectivity index (χ4v) is 3.24. The van der Waals surface area contributed by atoms with E-state index in [0.717, 1.165) is 5.56 Å². The van der Waals surface area contributed by atoms with Gasteiger partial charge in [0.15, 0.2) is 17.7 Å². The van der Waals surface area contributed by atoms with Gasteiger partial charge in [0.2, 0.25) is 5.91 Å². The van der Waals surface area contributed by atoms with Crippen LogP contribution in [-0.2, 0) is 16.2 Å². The van der Waals surface area contributed by atoms with Crippen LogP contribution in [0.5, 0.6) is 11.5 Å². The first-order valence-corrected chi connectivity index (χ1v) is 9.95. The zero-order chi connectivity index (χ0) is 21.6. The monoisotopic (exact) mass is 418 g/mol. The summed E-state index contributed by atoms with van der Waals surface area (Å²) in [4.78, 5) is 34.9. The van der Waals surface area contributed by atoms with Crippen LogP contribution in [0.3, 0.4) is 0 Å². The molecule has 1 N–H and O–H groups in total. The molecular formula is C23H22N4O4. The lowest BCUT2D eigenvalue weighted by atomic mass is 10.1. The summed E-state index contributed by atoms with van der Waals surface area (Å²) >= 11 is 0. The third-order valence-corrected chi connectivity index (χ3v) is 4.81. The Morgan fingerprint density at radius 3 is 2.77 bits per heavy atom. The minimum absolute atomic E-state index is 0.104. The van der Waals surface area contributed by atoms with Gasteiger partial charge in [-0.25, -0.2) is 4.98 Å². The van der Waals surface area contributed by atoms with E-state index < -0.39 is 6.10 Å². The number of amides is 2. The van der Waals surface area contributed by atoms with E-state index in [1.165, 1.54) is 0 Å². The van der Waals surface area contributed by atoms with Crippen LogP contribution >= 0.6 is 0 Å². The quantitative estimate of drug-likeness (QED) is 0.633. The minimum Gasteiger partial charge on any atom is -0.485 e. The summed E-state index contributed by atoms with van der Waals surface area (Å²) in [5.74, 6) is 0.992. The molecular weight excluding hydrogens is 396 g/mol. The van der Waals surface area contributed by atoms with Crippen LogP contribution in [0.1, 0.15) is 18.9 Å². The molecule has 158 valence electrons. The third-order valence-electron chi connectivity index (χ3n) is 4.81. The van der Waals surface area contributed by atoms with Crippen molar-refractivity contribution in [3.63, 3.8) is 0 Å². The first kappa shape index (κ1) is 20.3. The van der Waals surface area contributed by atoms with E-state index in [4.69, 9.17) is 9.47 Å². The maximum Gasteiger partial charge on any atom is 0.267 e. The molecule has 3 heterocycles. The molecule has 2 aromatic heterocycles. The molecule has 1 aliphatic heterocycles. The van der Waals surface area contributed by atoms with Gasteiger partial charge in [0.1, 0.15) is 12.4 Å². The normalized spacial score (nSPS) is 15.1. The number of hydrogen-bond acceptors (Lipinski definition) is 6. The van der Waals surface area contributed by atoms with Crippen LogP contribution in [0.15, 0.2) is 67.1 Å². The molecule has 4 rings (SSSR count). The molecule has 1 atom stereocenters. The highest BCUT2D eigenvalue weighted by Crippen LogP contribution is 2.33. The van der Waals surface area contributed by atoms with Gasteiger partial charge in [-0.3, -0.25) is 14.6 Å². The van der Waals surface area contributed by atoms with Crippen LogP contribution in [0.4, 0.5) is 11.5 Å². The Bertz CT molecular complexity index is 1070. The van der Waals surface area contributed by atoms with Crippen molar-refractivity contribution >= 4 is 23.3 Å². The highest BCUT2D eigenvalue weighted by Gasteiger charge is 2.31. The second-order valence-electron chi connectivity index (χ2n) is 7.01. The smallest absolute Gasteiger partial charge is 0.267 e. The Balaban J connectivity index is 1.39. The molecule has 8 nitrogen and oxygen atoms in total. The van der Waals surface area contributed by atoms with Crippen LogP contribution < -0.4 is 19.7 Å². The van der Waals surface area contributed by atoms with Gasteiger partial charge in [-0.1, -0.05) is 12.1 Å². The van der Waals surface area contributed by atoms with Gasteiger partial charge in [-0.05, 0) is 48.9 Å². The zero-order valence-corrected chi connectivity index (χ0v) is 17.0. The van der Waals surface area contributed by atoms with Gasteiger partial charge in [0.25, 0.3) is 5.91 Å². The molecule has 31 heavy (non-hydrogen) atoms. The van der Waals surface area contributed by atoms with E-state index in [1.807, 2.05) is 30.3 Å². The van der Waals surface area contributed by atoms with Crippen LogP contribution in [0.2, 0.25) is 0 Å². The fraction of sp³-hybridized carbons (Fsp3) is 0.217. The van der Waals surface area contributed by atoms with Crippen LogP contribution in [0.25, 0.3) is 0 Å². The number of hydrogen-bond donors (Lipinski definition) is 1. The molecule has 1 unspecified atom stereocenters. The van der Waals surface area contributed by atoms with Crippen molar-refractivity contribution in [1.29, 1.82) is 0 Å². The molecule has 0 saturated carbocycles. The molecule has 0 radical (unpaired) electrons. The van der Waals surface area contributed by atoms with Gasteiger partial charge >= 0.3 is 0 Å². The predicted octanol–water partition coefficient (Wildman–Crippen LogP) is 3.20. The van der Waals surface area contributed by atoms with Gasteiger partial charge in [-0.15, -0.1) is 0 Å². The summed E-state index contributed by atoms with van der Waals surface area (Å²) < 4.78 is 11.4. The summed E-state index contributed by atoms with van der Waals surface area (Å²) in [7, 11) is 0. The number of rotatable bonds is 7. The van der Waals surface area contributed by atoms with Crippen molar-refractivity contribution in [3.05, 3.63) is 72.7 Å². The van der Waals surface area contributed by atoms with Crippen molar-refractivity contribution in [2.75, 3.05) is 16.8 Å². The number of nitrogens with zero attached hydrogens (tertiary/aromatic N) is 3. The average Bonchev–Trinajstić information content (AvgIpc) is 2.79. The standard InChI is InChI=1S/C23H22N4O4/c1-16-23(29)27(18-5-2-3-6-19(18)31-16)14-10-21(28)26-22-20(7-4-11-25-22)30-15-17-8-12-24-13-9-17/h2-9,11-13,16H,10,14-15H2,1H3,(H,25,26,28). The van der Waals surface area contributed by atoms with E-state index in [9.17, 15) is 9.59 Å². The number of ether oxygens (including phenoxy) is 2. The summed E-state index contributed by atoms with van der Waals surface area (Å²) in [5.41, 5.74) is 1.62. The maximum atomic E-state index is 12.6. The van der Waals surface area contributed by atoms with E-state index in [2.05, 4.69) is 15.3 Å². The van der Waals surface area contributed by atoms with Gasteiger partial charge in [-0.2, -0.15) is 0 Å². The number of nitrogens with one attached hydrogen (secondary N) is 1. The Labute approximate surface area is 179 Å². The molecule has 0 aliphatic carbocycles. The molecule has 0 saturated heterocycles. The molecule has 3 aromatic rings. The predicted molar refractivity (Wildman–Crippen MR) is 115 cm³/mol. The number of anilines is 2. The third kappa shape index (κ3) is 4.80. The van der Waals surface area contributed by atoms with Crippen molar-refractivity contribution in [2.45, 2.75) is 26.1 Å². The molecule has 1 aliphatic rings. The van der Waals surface area contributed by atoms with E-state index >= 15 is 0 Å². The van der Waals surface area contributed by atoms with Crippen molar-refractivity contribution in [1.82, 2.24) is 9.97 Å². The SMILES string of the molecule is CC1Oc2ccccc2N(CCC(=O)Nc2ncccc2OCc2ccncc2)C1=O. The van der Waals surface area contributed by atoms with E-state index in [-0.39, 0.29) is 24.8 Å². The maximum absolute atomic E-state index is 12.6. The number of carbonyl (C=O) groups excluding carboxylic acids is 2. The Hall–Kier alpha value is -3.94. The molecule has 8 heteroatoms. The summed E-state index contributed by atoms with van der Waals surface area (Å²) in [6.45, 7) is 2.26. The van der Waals surface area contributed by atoms with Crippen molar-refractivity contribution in [2.24, 2.45) is 0 Å². The molecule has 0 spiro atoms. The zero-order valence-electron chi connectivity index (χ0n) is 17.0. The summed E-state index contributed by atoms with van der Waals surface area (Å²) in [5, 5.41) is 2.78. The number of fused-ring (bicyclic) bond motifs is 1. The molecule has 2 amide bonds. The Morgan fingerprint density at radius 2 is 1.94 bits per heavy atom. The minimum atomic E-state index is -0.595. The van der Waals surface area contributed by atoms with Crippen LogP contribution in [0, 0.1) is 0 Å². The average molecular weight is 418 g/mol. The number of para-hydroxylation sites is 2. The van der Waals surface area contributed by atoms with Gasteiger partial charge in [0.05, 0.1) is 5.69 Å². The number of carbonyl (C=O) groups is 2. The largest absolute Gasteiger partial charge is 0.485 e. The van der Waals surface area contributed by atoms with Crippen molar-refractivity contribution in [3.8, 4) is 11.5 Å². The first-order chi connectivity index (χ1) is 15.1. The van der Waals surface area contributed by atoms with Gasteiger partial charge < -0.3 is 19.7 Å². The number of aromatic nitrogens is 2.